The van der Waals surface area contributed by atoms with Gasteiger partial charge in [0.15, 0.2) is 0 Å². The molecule has 2 aliphatic heterocycles. The van der Waals surface area contributed by atoms with E-state index in [1.54, 1.807) is 6.92 Å². The van der Waals surface area contributed by atoms with Gasteiger partial charge in [-0.15, -0.1) is 0 Å². The molecule has 0 aromatic rings. The second-order valence-electron chi connectivity index (χ2n) is 5.03. The Morgan fingerprint density at radius 1 is 1.52 bits per heavy atom. The van der Waals surface area contributed by atoms with Gasteiger partial charge in [0, 0.05) is 18.2 Å². The number of hydrogen-bond acceptors (Lipinski definition) is 8. The Morgan fingerprint density at radius 2 is 2.19 bits per heavy atom. The van der Waals surface area contributed by atoms with Crippen LogP contribution in [0.15, 0.2) is 11.8 Å². The van der Waals surface area contributed by atoms with Crippen LogP contribution in [-0.2, 0) is 23.8 Å². The molecule has 2 rings (SSSR count). The topological polar surface area (TPSA) is 125 Å². The fourth-order valence-corrected chi connectivity index (χ4v) is 2.52. The summed E-state index contributed by atoms with van der Waals surface area (Å²) in [5.41, 5.74) is 0.384. The molecule has 21 heavy (non-hydrogen) atoms. The monoisotopic (exact) mass is 322 g/mol. The lowest BCUT2D eigenvalue weighted by Crippen LogP contribution is -2.53. The van der Waals surface area contributed by atoms with Crippen LogP contribution < -0.4 is 5.32 Å². The summed E-state index contributed by atoms with van der Waals surface area (Å²) in [4.78, 5) is 12.7. The molecule has 2 unspecified atom stereocenters. The minimum atomic E-state index is -3.63. The molecule has 4 atom stereocenters. The standard InChI is InChI=1S/C11H18N2O7S/c1-6-4-13(11(16)12-10(6)15)9-3-7(14)8(20-9)5-19-21(2,17)18/h4,7-9,11,14,16H,3,5H2,1-2H3,(H,12,15)/t7?,8-,9-,11?/m1/s1. The van der Waals surface area contributed by atoms with E-state index >= 15 is 0 Å². The molecule has 0 aromatic carbocycles. The highest BCUT2D eigenvalue weighted by Crippen LogP contribution is 2.26. The maximum absolute atomic E-state index is 11.4. The average Bonchev–Trinajstić information content (AvgIpc) is 2.72. The summed E-state index contributed by atoms with van der Waals surface area (Å²) < 4.78 is 32.0. The first-order valence-electron chi connectivity index (χ1n) is 6.30. The summed E-state index contributed by atoms with van der Waals surface area (Å²) >= 11 is 0. The van der Waals surface area contributed by atoms with Crippen molar-refractivity contribution in [3.8, 4) is 0 Å². The lowest BCUT2D eigenvalue weighted by molar-refractivity contribution is -0.142. The van der Waals surface area contributed by atoms with Crippen molar-refractivity contribution in [3.05, 3.63) is 11.8 Å². The number of hydrogen-bond donors (Lipinski definition) is 3. The fraction of sp³-hybridized carbons (Fsp3) is 0.727. The number of nitrogens with one attached hydrogen (secondary N) is 1. The first-order chi connectivity index (χ1) is 9.67. The van der Waals surface area contributed by atoms with Gasteiger partial charge in [-0.2, -0.15) is 8.42 Å². The van der Waals surface area contributed by atoms with E-state index in [0.717, 1.165) is 6.26 Å². The van der Waals surface area contributed by atoms with Gasteiger partial charge >= 0.3 is 0 Å². The minimum absolute atomic E-state index is 0.147. The van der Waals surface area contributed by atoms with E-state index in [2.05, 4.69) is 9.50 Å². The van der Waals surface area contributed by atoms with Crippen molar-refractivity contribution >= 4 is 16.0 Å². The van der Waals surface area contributed by atoms with E-state index in [1.165, 1.54) is 11.1 Å². The Kier molecular flexibility index (Phi) is 4.54. The molecule has 9 nitrogen and oxygen atoms in total. The van der Waals surface area contributed by atoms with Crippen LogP contribution in [0.3, 0.4) is 0 Å². The Bertz CT molecular complexity index is 547. The van der Waals surface area contributed by atoms with E-state index < -0.39 is 40.8 Å². The number of carbonyl (C=O) groups excluding carboxylic acids is 1. The predicted octanol–water partition coefficient (Wildman–Crippen LogP) is -1.95. The molecule has 1 saturated heterocycles. The highest BCUT2D eigenvalue weighted by molar-refractivity contribution is 7.85. The molecule has 3 N–H and O–H groups in total. The van der Waals surface area contributed by atoms with Crippen molar-refractivity contribution in [2.45, 2.75) is 38.1 Å². The molecular weight excluding hydrogens is 304 g/mol. The average molecular weight is 322 g/mol. The van der Waals surface area contributed by atoms with Gasteiger partial charge in [0.2, 0.25) is 6.35 Å². The lowest BCUT2D eigenvalue weighted by Gasteiger charge is -2.35. The summed E-state index contributed by atoms with van der Waals surface area (Å²) in [7, 11) is -3.63. The van der Waals surface area contributed by atoms with Crippen LogP contribution in [0.25, 0.3) is 0 Å². The largest absolute Gasteiger partial charge is 0.390 e. The number of carbonyl (C=O) groups is 1. The number of ether oxygens (including phenoxy) is 1. The highest BCUT2D eigenvalue weighted by atomic mass is 32.2. The Morgan fingerprint density at radius 3 is 2.81 bits per heavy atom. The first kappa shape index (κ1) is 16.2. The quantitative estimate of drug-likeness (QED) is 0.510. The second-order valence-corrected chi connectivity index (χ2v) is 6.67. The SMILES string of the molecule is CC1=CN([C@H]2CC(O)[C@@H](COS(C)(=O)=O)O2)C(O)NC1=O. The Labute approximate surface area is 122 Å². The zero-order valence-corrected chi connectivity index (χ0v) is 12.4. The first-order valence-corrected chi connectivity index (χ1v) is 8.12. The summed E-state index contributed by atoms with van der Waals surface area (Å²) in [6.07, 6.45) is -1.25. The van der Waals surface area contributed by atoms with E-state index in [4.69, 9.17) is 4.74 Å². The van der Waals surface area contributed by atoms with Crippen molar-refractivity contribution in [2.75, 3.05) is 12.9 Å². The maximum Gasteiger partial charge on any atom is 0.264 e. The number of nitrogens with zero attached hydrogens (tertiary/aromatic N) is 1. The summed E-state index contributed by atoms with van der Waals surface area (Å²) in [6.45, 7) is 1.26. The predicted molar refractivity (Wildman–Crippen MR) is 69.8 cm³/mol. The Balaban J connectivity index is 2.02. The summed E-state index contributed by atoms with van der Waals surface area (Å²) in [6, 6.07) is 0. The molecular formula is C11H18N2O7S. The van der Waals surface area contributed by atoms with Crippen molar-refractivity contribution < 1.29 is 32.3 Å². The number of amides is 1. The third-order valence-electron chi connectivity index (χ3n) is 3.23. The van der Waals surface area contributed by atoms with Gasteiger partial charge in [0.1, 0.15) is 12.3 Å². The van der Waals surface area contributed by atoms with Gasteiger partial charge in [0.05, 0.1) is 19.0 Å². The van der Waals surface area contributed by atoms with Crippen molar-refractivity contribution in [1.29, 1.82) is 0 Å². The molecule has 0 spiro atoms. The summed E-state index contributed by atoms with van der Waals surface area (Å²) in [5.74, 6) is -0.394. The van der Waals surface area contributed by atoms with Crippen LogP contribution in [0.1, 0.15) is 13.3 Å². The van der Waals surface area contributed by atoms with Crippen LogP contribution >= 0.6 is 0 Å². The zero-order chi connectivity index (χ0) is 15.8. The van der Waals surface area contributed by atoms with Gasteiger partial charge in [-0.3, -0.25) is 8.98 Å². The van der Waals surface area contributed by atoms with E-state index in [9.17, 15) is 23.4 Å². The van der Waals surface area contributed by atoms with Crippen LogP contribution in [0, 0.1) is 0 Å². The zero-order valence-electron chi connectivity index (χ0n) is 11.6. The van der Waals surface area contributed by atoms with Crippen LogP contribution in [0.4, 0.5) is 0 Å². The van der Waals surface area contributed by atoms with E-state index in [1.807, 2.05) is 0 Å². The number of rotatable bonds is 4. The molecule has 1 amide bonds. The van der Waals surface area contributed by atoms with Crippen LogP contribution in [0.2, 0.25) is 0 Å². The summed E-state index contributed by atoms with van der Waals surface area (Å²) in [5, 5.41) is 22.0. The Hall–Kier alpha value is -1.20. The molecule has 10 heteroatoms. The van der Waals surface area contributed by atoms with Gasteiger partial charge in [-0.1, -0.05) is 0 Å². The third-order valence-corrected chi connectivity index (χ3v) is 3.79. The van der Waals surface area contributed by atoms with Crippen molar-refractivity contribution in [2.24, 2.45) is 0 Å². The smallest absolute Gasteiger partial charge is 0.264 e. The third kappa shape index (κ3) is 3.92. The fourth-order valence-electron chi connectivity index (χ4n) is 2.14. The second kappa shape index (κ2) is 5.89. The van der Waals surface area contributed by atoms with Crippen molar-refractivity contribution in [1.82, 2.24) is 10.2 Å². The van der Waals surface area contributed by atoms with E-state index in [0.29, 0.717) is 5.57 Å². The van der Waals surface area contributed by atoms with Gasteiger partial charge in [-0.25, -0.2) is 0 Å². The highest BCUT2D eigenvalue weighted by Gasteiger charge is 2.40. The molecule has 2 aliphatic rings. The molecule has 0 aliphatic carbocycles. The van der Waals surface area contributed by atoms with Crippen LogP contribution in [0.5, 0.6) is 0 Å². The molecule has 0 saturated carbocycles. The molecule has 2 heterocycles. The van der Waals surface area contributed by atoms with Gasteiger partial charge in [-0.05, 0) is 6.92 Å². The minimum Gasteiger partial charge on any atom is -0.390 e. The number of aliphatic hydroxyl groups is 2. The van der Waals surface area contributed by atoms with Crippen LogP contribution in [-0.4, -0.2) is 67.1 Å². The molecule has 120 valence electrons. The lowest BCUT2D eigenvalue weighted by atomic mass is 10.2. The molecule has 0 radical (unpaired) electrons. The maximum atomic E-state index is 11.4. The molecule has 1 fully saturated rings. The normalized spacial score (nSPS) is 33.8. The van der Waals surface area contributed by atoms with Gasteiger partial charge < -0.3 is 25.2 Å². The molecule has 0 bridgehead atoms. The molecule has 0 aromatic heterocycles. The van der Waals surface area contributed by atoms with Gasteiger partial charge in [0.25, 0.3) is 16.0 Å². The van der Waals surface area contributed by atoms with Crippen molar-refractivity contribution in [3.63, 3.8) is 0 Å². The number of aliphatic hydroxyl groups excluding tert-OH is 2. The van der Waals surface area contributed by atoms with E-state index in [-0.39, 0.29) is 13.0 Å².